The summed E-state index contributed by atoms with van der Waals surface area (Å²) in [5, 5.41) is 0. The van der Waals surface area contributed by atoms with Gasteiger partial charge in [-0.2, -0.15) is 11.1 Å². The van der Waals surface area contributed by atoms with E-state index in [0.29, 0.717) is 0 Å². The molecule has 2 heteroatoms. The van der Waals surface area contributed by atoms with Gasteiger partial charge in [0, 0.05) is 0 Å². The maximum Gasteiger partial charge on any atom is 0.141 e. The number of unbranched alkanes of at least 4 members (excludes halogenated alkanes) is 2. The van der Waals surface area contributed by atoms with Crippen molar-refractivity contribution in [1.29, 1.82) is 0 Å². The van der Waals surface area contributed by atoms with E-state index >= 15 is 0 Å². The highest BCUT2D eigenvalue weighted by Gasteiger charge is 2.24. The Hall–Kier alpha value is 0.507. The van der Waals surface area contributed by atoms with Gasteiger partial charge in [0.05, 0.1) is 0 Å². The normalized spacial score (nSPS) is 35.1. The van der Waals surface area contributed by atoms with E-state index in [9.17, 15) is 0 Å². The monoisotopic (exact) mass is 314 g/mol. The molecule has 118 valence electrons. The summed E-state index contributed by atoms with van der Waals surface area (Å²) in [6, 6.07) is 2.83. The summed E-state index contributed by atoms with van der Waals surface area (Å²) in [6.45, 7) is 2.32. The second kappa shape index (κ2) is 9.51. The molecular formula is C18H35ClSi. The van der Waals surface area contributed by atoms with Gasteiger partial charge >= 0.3 is 0 Å². The summed E-state index contributed by atoms with van der Waals surface area (Å²) in [4.78, 5) is 0. The zero-order chi connectivity index (χ0) is 14.2. The van der Waals surface area contributed by atoms with Crippen molar-refractivity contribution in [2.24, 2.45) is 17.8 Å². The summed E-state index contributed by atoms with van der Waals surface area (Å²) in [5.41, 5.74) is 0. The average Bonchev–Trinajstić information content (AvgIpc) is 2.48. The molecule has 0 amide bonds. The highest BCUT2D eigenvalue weighted by Crippen LogP contribution is 2.37. The molecule has 2 rings (SSSR count). The van der Waals surface area contributed by atoms with Gasteiger partial charge in [-0.25, -0.2) is 0 Å². The molecule has 0 N–H and O–H groups in total. The highest BCUT2D eigenvalue weighted by atomic mass is 35.6. The van der Waals surface area contributed by atoms with E-state index in [-0.39, 0.29) is 0 Å². The van der Waals surface area contributed by atoms with Crippen molar-refractivity contribution in [2.75, 3.05) is 0 Å². The molecule has 1 aliphatic carbocycles. The molecule has 1 heterocycles. The highest BCUT2D eigenvalue weighted by molar-refractivity contribution is 7.07. The van der Waals surface area contributed by atoms with Crippen LogP contribution in [0.3, 0.4) is 0 Å². The van der Waals surface area contributed by atoms with Crippen molar-refractivity contribution in [1.82, 2.24) is 0 Å². The first-order valence-electron chi connectivity index (χ1n) is 9.42. The van der Waals surface area contributed by atoms with Gasteiger partial charge in [0.2, 0.25) is 0 Å². The fourth-order valence-corrected chi connectivity index (χ4v) is 7.08. The van der Waals surface area contributed by atoms with Gasteiger partial charge in [0.25, 0.3) is 0 Å². The van der Waals surface area contributed by atoms with Crippen LogP contribution in [0.1, 0.15) is 84.0 Å². The van der Waals surface area contributed by atoms with Crippen LogP contribution in [0.5, 0.6) is 0 Å². The fraction of sp³-hybridized carbons (Fsp3) is 1.00. The van der Waals surface area contributed by atoms with Gasteiger partial charge in [-0.3, -0.25) is 0 Å². The fourth-order valence-electron chi connectivity index (χ4n) is 4.37. The first-order valence-corrected chi connectivity index (χ1v) is 12.8. The molecular weight excluding hydrogens is 280 g/mol. The Labute approximate surface area is 133 Å². The maximum absolute atomic E-state index is 6.34. The van der Waals surface area contributed by atoms with Crippen molar-refractivity contribution >= 4 is 19.2 Å². The van der Waals surface area contributed by atoms with Crippen LogP contribution in [0.2, 0.25) is 12.1 Å². The van der Waals surface area contributed by atoms with Gasteiger partial charge in [-0.05, 0) is 29.8 Å². The minimum Gasteiger partial charge on any atom is -0.172 e. The molecule has 2 fully saturated rings. The lowest BCUT2D eigenvalue weighted by molar-refractivity contribution is 0.234. The minimum atomic E-state index is -0.743. The second-order valence-corrected chi connectivity index (χ2v) is 11.8. The first kappa shape index (κ1) is 16.9. The molecule has 0 aromatic heterocycles. The SMILES string of the molecule is CCCCC[C@H]1CC[C@H](CCC2CC[SiH](Cl)CC2)CC1. The Bertz CT molecular complexity index is 240. The topological polar surface area (TPSA) is 0 Å². The summed E-state index contributed by atoms with van der Waals surface area (Å²) in [7, 11) is -0.743. The second-order valence-electron chi connectivity index (χ2n) is 7.58. The number of hydrogen-bond donors (Lipinski definition) is 0. The van der Waals surface area contributed by atoms with Gasteiger partial charge < -0.3 is 0 Å². The zero-order valence-corrected chi connectivity index (χ0v) is 15.5. The molecule has 1 aliphatic heterocycles. The smallest absolute Gasteiger partial charge is 0.141 e. The molecule has 0 unspecified atom stereocenters. The van der Waals surface area contributed by atoms with Crippen LogP contribution in [-0.4, -0.2) is 8.11 Å². The van der Waals surface area contributed by atoms with E-state index in [4.69, 9.17) is 11.1 Å². The van der Waals surface area contributed by atoms with E-state index in [1.165, 1.54) is 89.1 Å². The molecule has 1 saturated carbocycles. The van der Waals surface area contributed by atoms with Crippen molar-refractivity contribution in [3.8, 4) is 0 Å². The summed E-state index contributed by atoms with van der Waals surface area (Å²) in [6.07, 6.45) is 18.0. The molecule has 0 aromatic carbocycles. The molecule has 0 aromatic rings. The largest absolute Gasteiger partial charge is 0.172 e. The molecule has 2 aliphatic rings. The van der Waals surface area contributed by atoms with Gasteiger partial charge in [0.1, 0.15) is 8.11 Å². The lowest BCUT2D eigenvalue weighted by Crippen LogP contribution is -2.19. The predicted molar refractivity (Wildman–Crippen MR) is 94.2 cm³/mol. The zero-order valence-electron chi connectivity index (χ0n) is 13.6. The Morgan fingerprint density at radius 1 is 0.750 bits per heavy atom. The van der Waals surface area contributed by atoms with Crippen LogP contribution in [0, 0.1) is 17.8 Å². The molecule has 20 heavy (non-hydrogen) atoms. The Kier molecular flexibility index (Phi) is 8.02. The van der Waals surface area contributed by atoms with Gasteiger partial charge in [-0.15, -0.1) is 0 Å². The molecule has 0 bridgehead atoms. The van der Waals surface area contributed by atoms with Crippen molar-refractivity contribution < 1.29 is 0 Å². The lowest BCUT2D eigenvalue weighted by atomic mass is 9.77. The van der Waals surface area contributed by atoms with Crippen LogP contribution in [-0.2, 0) is 0 Å². The first-order chi connectivity index (χ1) is 9.78. The predicted octanol–water partition coefficient (Wildman–Crippen LogP) is 6.53. The summed E-state index contributed by atoms with van der Waals surface area (Å²) in [5.74, 6) is 3.19. The van der Waals surface area contributed by atoms with Crippen LogP contribution in [0.15, 0.2) is 0 Å². The Balaban J connectivity index is 1.53. The molecule has 0 nitrogen and oxygen atoms in total. The Morgan fingerprint density at radius 3 is 1.80 bits per heavy atom. The van der Waals surface area contributed by atoms with E-state index in [0.717, 1.165) is 17.8 Å². The number of rotatable bonds is 7. The third-order valence-electron chi connectivity index (χ3n) is 5.94. The van der Waals surface area contributed by atoms with Gasteiger partial charge in [0.15, 0.2) is 0 Å². The van der Waals surface area contributed by atoms with Crippen LogP contribution in [0.25, 0.3) is 0 Å². The van der Waals surface area contributed by atoms with Crippen LogP contribution in [0.4, 0.5) is 0 Å². The van der Waals surface area contributed by atoms with E-state index in [2.05, 4.69) is 6.92 Å². The van der Waals surface area contributed by atoms with Crippen LogP contribution < -0.4 is 0 Å². The lowest BCUT2D eigenvalue weighted by Gasteiger charge is -2.30. The number of hydrogen-bond acceptors (Lipinski definition) is 0. The third-order valence-corrected chi connectivity index (χ3v) is 9.17. The van der Waals surface area contributed by atoms with Crippen molar-refractivity contribution in [2.45, 2.75) is 96.1 Å². The van der Waals surface area contributed by atoms with Crippen molar-refractivity contribution in [3.63, 3.8) is 0 Å². The van der Waals surface area contributed by atoms with Gasteiger partial charge in [-0.1, -0.05) is 84.0 Å². The van der Waals surface area contributed by atoms with E-state index in [1.54, 1.807) is 0 Å². The Morgan fingerprint density at radius 2 is 1.25 bits per heavy atom. The van der Waals surface area contributed by atoms with E-state index in [1.807, 2.05) is 0 Å². The quantitative estimate of drug-likeness (QED) is 0.285. The molecule has 0 radical (unpaired) electrons. The molecule has 1 saturated heterocycles. The standard InChI is InChI=1S/C18H35ClSi/c1-2-3-4-5-16-6-8-17(9-7-16)10-11-18-12-14-20(19)15-13-18/h16-18,20H,2-15H2,1H3/t16-,17-,18?,20?. The summed E-state index contributed by atoms with van der Waals surface area (Å²) >= 11 is 6.34. The summed E-state index contributed by atoms with van der Waals surface area (Å²) < 4.78 is 0. The average molecular weight is 315 g/mol. The van der Waals surface area contributed by atoms with Crippen molar-refractivity contribution in [3.05, 3.63) is 0 Å². The molecule has 0 atom stereocenters. The number of halogens is 1. The minimum absolute atomic E-state index is 0.743. The third kappa shape index (κ3) is 6.09. The van der Waals surface area contributed by atoms with E-state index < -0.39 is 8.11 Å². The van der Waals surface area contributed by atoms with Crippen LogP contribution >= 0.6 is 11.1 Å². The molecule has 0 spiro atoms. The maximum atomic E-state index is 6.34.